The molecule has 0 atom stereocenters. The molecule has 4 N–H and O–H groups in total. The Kier molecular flexibility index (Phi) is 5.27. The Morgan fingerprint density at radius 3 is 2.61 bits per heavy atom. The van der Waals surface area contributed by atoms with Crippen molar-refractivity contribution in [2.75, 3.05) is 18.4 Å². The molecule has 0 aliphatic heterocycles. The van der Waals surface area contributed by atoms with E-state index in [0.29, 0.717) is 10.2 Å². The van der Waals surface area contributed by atoms with Crippen LogP contribution < -0.4 is 15.8 Å². The third kappa shape index (κ3) is 4.05. The third-order valence-electron chi connectivity index (χ3n) is 2.00. The molecule has 0 aromatic heterocycles. The average molecular weight is 336 g/mol. The molecule has 6 nitrogen and oxygen atoms in total. The summed E-state index contributed by atoms with van der Waals surface area (Å²) in [7, 11) is -3.56. The summed E-state index contributed by atoms with van der Waals surface area (Å²) in [6.07, 6.45) is 0. The molecular formula is C10H14BrN3O3S. The third-order valence-corrected chi connectivity index (χ3v) is 4.11. The molecule has 0 bridgehead atoms. The van der Waals surface area contributed by atoms with Gasteiger partial charge in [-0.2, -0.15) is 0 Å². The van der Waals surface area contributed by atoms with Gasteiger partial charge in [0.15, 0.2) is 0 Å². The van der Waals surface area contributed by atoms with Crippen molar-refractivity contribution in [1.29, 1.82) is 0 Å². The van der Waals surface area contributed by atoms with Crippen LogP contribution in [0.3, 0.4) is 0 Å². The molecule has 1 aromatic carbocycles. The maximum absolute atomic E-state index is 11.8. The second kappa shape index (κ2) is 6.28. The van der Waals surface area contributed by atoms with Gasteiger partial charge >= 0.3 is 0 Å². The van der Waals surface area contributed by atoms with Crippen molar-refractivity contribution >= 4 is 37.5 Å². The van der Waals surface area contributed by atoms with Gasteiger partial charge in [-0.25, -0.2) is 13.1 Å². The van der Waals surface area contributed by atoms with Gasteiger partial charge in [-0.15, -0.1) is 0 Å². The molecule has 8 heteroatoms. The van der Waals surface area contributed by atoms with Crippen LogP contribution in [0.5, 0.6) is 0 Å². The summed E-state index contributed by atoms with van der Waals surface area (Å²) >= 11 is 3.20. The number of anilines is 1. The summed E-state index contributed by atoms with van der Waals surface area (Å²) < 4.78 is 26.4. The minimum atomic E-state index is -3.56. The van der Waals surface area contributed by atoms with E-state index in [1.807, 2.05) is 0 Å². The molecule has 0 heterocycles. The standard InChI is InChI=1S/C10H14BrN3O3S/c1-7(15)14-10-3-2-8(6-9(10)11)18(16,17)13-5-4-12/h2-3,6,13H,4-5,12H2,1H3,(H,14,15). The lowest BCUT2D eigenvalue weighted by Crippen LogP contribution is -2.29. The molecule has 100 valence electrons. The summed E-state index contributed by atoms with van der Waals surface area (Å²) in [6, 6.07) is 4.35. The van der Waals surface area contributed by atoms with E-state index in [-0.39, 0.29) is 23.9 Å². The highest BCUT2D eigenvalue weighted by atomic mass is 79.9. The lowest BCUT2D eigenvalue weighted by molar-refractivity contribution is -0.114. The molecule has 0 radical (unpaired) electrons. The number of carbonyl (C=O) groups is 1. The number of benzene rings is 1. The van der Waals surface area contributed by atoms with Gasteiger partial charge in [0.2, 0.25) is 15.9 Å². The van der Waals surface area contributed by atoms with Crippen LogP contribution in [0.1, 0.15) is 6.92 Å². The van der Waals surface area contributed by atoms with Gasteiger partial charge in [0.1, 0.15) is 0 Å². The van der Waals surface area contributed by atoms with Crippen molar-refractivity contribution in [3.63, 3.8) is 0 Å². The number of carbonyl (C=O) groups excluding carboxylic acids is 1. The first-order chi connectivity index (χ1) is 8.36. The van der Waals surface area contributed by atoms with Gasteiger partial charge in [-0.05, 0) is 34.1 Å². The molecule has 18 heavy (non-hydrogen) atoms. The topological polar surface area (TPSA) is 101 Å². The smallest absolute Gasteiger partial charge is 0.240 e. The predicted octanol–water partition coefficient (Wildman–Crippen LogP) is 0.645. The molecule has 0 saturated carbocycles. The normalized spacial score (nSPS) is 11.3. The maximum atomic E-state index is 11.8. The first-order valence-corrected chi connectivity index (χ1v) is 7.41. The average Bonchev–Trinajstić information content (AvgIpc) is 2.28. The summed E-state index contributed by atoms with van der Waals surface area (Å²) in [5.74, 6) is -0.229. The number of hydrogen-bond donors (Lipinski definition) is 3. The van der Waals surface area contributed by atoms with Crippen molar-refractivity contribution in [2.45, 2.75) is 11.8 Å². The van der Waals surface area contributed by atoms with Crippen LogP contribution in [0.4, 0.5) is 5.69 Å². The first kappa shape index (κ1) is 15.1. The highest BCUT2D eigenvalue weighted by Crippen LogP contribution is 2.25. The second-order valence-corrected chi connectivity index (χ2v) is 6.13. The maximum Gasteiger partial charge on any atom is 0.240 e. The van der Waals surface area contributed by atoms with E-state index in [1.54, 1.807) is 0 Å². The van der Waals surface area contributed by atoms with E-state index in [9.17, 15) is 13.2 Å². The van der Waals surface area contributed by atoms with E-state index in [4.69, 9.17) is 5.73 Å². The minimum absolute atomic E-state index is 0.108. The second-order valence-electron chi connectivity index (χ2n) is 3.51. The van der Waals surface area contributed by atoms with Gasteiger partial charge in [0.05, 0.1) is 10.6 Å². The molecule has 0 unspecified atom stereocenters. The fraction of sp³-hybridized carbons (Fsp3) is 0.300. The van der Waals surface area contributed by atoms with Crippen LogP contribution in [0.15, 0.2) is 27.6 Å². The van der Waals surface area contributed by atoms with Gasteiger partial charge in [0.25, 0.3) is 0 Å². The van der Waals surface area contributed by atoms with Crippen molar-refractivity contribution in [3.8, 4) is 0 Å². The quantitative estimate of drug-likeness (QED) is 0.735. The van der Waals surface area contributed by atoms with E-state index >= 15 is 0 Å². The van der Waals surface area contributed by atoms with Gasteiger partial charge in [-0.1, -0.05) is 0 Å². The predicted molar refractivity (Wildman–Crippen MR) is 72.7 cm³/mol. The molecule has 0 spiro atoms. The van der Waals surface area contributed by atoms with Gasteiger partial charge in [-0.3, -0.25) is 4.79 Å². The van der Waals surface area contributed by atoms with E-state index < -0.39 is 10.0 Å². The minimum Gasteiger partial charge on any atom is -0.329 e. The zero-order valence-electron chi connectivity index (χ0n) is 9.73. The number of hydrogen-bond acceptors (Lipinski definition) is 4. The molecule has 1 aromatic rings. The molecule has 0 aliphatic carbocycles. The summed E-state index contributed by atoms with van der Waals surface area (Å²) in [4.78, 5) is 11.0. The number of sulfonamides is 1. The highest BCUT2D eigenvalue weighted by Gasteiger charge is 2.14. The summed E-state index contributed by atoms with van der Waals surface area (Å²) in [6.45, 7) is 1.78. The van der Waals surface area contributed by atoms with Gasteiger partial charge in [0, 0.05) is 24.5 Å². The highest BCUT2D eigenvalue weighted by molar-refractivity contribution is 9.10. The lowest BCUT2D eigenvalue weighted by Gasteiger charge is -2.09. The molecule has 0 aliphatic rings. The van der Waals surface area contributed by atoms with E-state index in [1.165, 1.54) is 25.1 Å². The number of halogens is 1. The van der Waals surface area contributed by atoms with Crippen molar-refractivity contribution in [3.05, 3.63) is 22.7 Å². The molecule has 1 rings (SSSR count). The summed E-state index contributed by atoms with van der Waals surface area (Å²) in [5.41, 5.74) is 5.75. The van der Waals surface area contributed by atoms with Crippen molar-refractivity contribution < 1.29 is 13.2 Å². The monoisotopic (exact) mass is 335 g/mol. The molecule has 0 fully saturated rings. The molecule has 1 amide bonds. The molecular weight excluding hydrogens is 322 g/mol. The number of rotatable bonds is 5. The largest absolute Gasteiger partial charge is 0.329 e. The fourth-order valence-corrected chi connectivity index (χ4v) is 2.93. The van der Waals surface area contributed by atoms with Crippen LogP contribution >= 0.6 is 15.9 Å². The number of nitrogens with two attached hydrogens (primary N) is 1. The van der Waals surface area contributed by atoms with E-state index in [2.05, 4.69) is 26.0 Å². The zero-order valence-corrected chi connectivity index (χ0v) is 12.1. The summed E-state index contributed by atoms with van der Waals surface area (Å²) in [5, 5.41) is 2.57. The molecule has 0 saturated heterocycles. The number of nitrogens with one attached hydrogen (secondary N) is 2. The van der Waals surface area contributed by atoms with Crippen molar-refractivity contribution in [1.82, 2.24) is 4.72 Å². The SMILES string of the molecule is CC(=O)Nc1ccc(S(=O)(=O)NCCN)cc1Br. The Balaban J connectivity index is 3.00. The Labute approximate surface area is 114 Å². The van der Waals surface area contributed by atoms with Crippen LogP contribution in [-0.4, -0.2) is 27.4 Å². The first-order valence-electron chi connectivity index (χ1n) is 5.13. The fourth-order valence-electron chi connectivity index (χ4n) is 1.23. The van der Waals surface area contributed by atoms with Crippen LogP contribution in [-0.2, 0) is 14.8 Å². The van der Waals surface area contributed by atoms with Crippen LogP contribution in [0, 0.1) is 0 Å². The Bertz CT molecular complexity index is 545. The lowest BCUT2D eigenvalue weighted by atomic mass is 10.3. The Morgan fingerprint density at radius 2 is 2.11 bits per heavy atom. The Hall–Kier alpha value is -0.960. The van der Waals surface area contributed by atoms with E-state index in [0.717, 1.165) is 0 Å². The van der Waals surface area contributed by atoms with Gasteiger partial charge < -0.3 is 11.1 Å². The van der Waals surface area contributed by atoms with Crippen molar-refractivity contribution in [2.24, 2.45) is 5.73 Å². The van der Waals surface area contributed by atoms with Crippen LogP contribution in [0.25, 0.3) is 0 Å². The Morgan fingerprint density at radius 1 is 1.44 bits per heavy atom. The zero-order chi connectivity index (χ0) is 13.8. The number of amides is 1. The van der Waals surface area contributed by atoms with Crippen LogP contribution in [0.2, 0.25) is 0 Å².